The highest BCUT2D eigenvalue weighted by Crippen LogP contribution is 2.28. The number of ether oxygens (including phenoxy) is 3. The van der Waals surface area contributed by atoms with E-state index in [1.807, 2.05) is 121 Å². The van der Waals surface area contributed by atoms with Gasteiger partial charge in [-0.1, -0.05) is 298 Å². The van der Waals surface area contributed by atoms with Crippen LogP contribution in [0.4, 0.5) is 0 Å². The van der Waals surface area contributed by atoms with E-state index < -0.39 is 23.9 Å². The number of carboxylic acids is 4. The SMILES string of the molecule is C.CCCCCCCCCCCCOc1ccc(-c2ccc(C(=O)O)cc2)cc1.CCCCCCCCCCOc1ccc(-c2ccc(C(=O)O)cc2)cc1.CCCCCCCCOc1ccc(-c2ccc(C(=O)O)cc2)cc1.CCCCCCc1ccc(-c2ccc(C(=O)O)cc2)cc1. The predicted molar refractivity (Wildman–Crippen MR) is 414 cm³/mol. The molecule has 11 heteroatoms. The highest BCUT2D eigenvalue weighted by Gasteiger charge is 2.09. The molecule has 0 heterocycles. The van der Waals surface area contributed by atoms with E-state index in [1.54, 1.807) is 48.5 Å². The summed E-state index contributed by atoms with van der Waals surface area (Å²) in [5, 5.41) is 35.8. The van der Waals surface area contributed by atoms with E-state index in [0.29, 0.717) is 22.3 Å². The summed E-state index contributed by atoms with van der Waals surface area (Å²) in [6, 6.07) is 60.3. The van der Waals surface area contributed by atoms with Crippen LogP contribution in [0, 0.1) is 0 Å². The molecule has 8 aromatic carbocycles. The van der Waals surface area contributed by atoms with Gasteiger partial charge in [0.05, 0.1) is 42.1 Å². The van der Waals surface area contributed by atoms with Crippen molar-refractivity contribution in [3.8, 4) is 61.8 Å². The Balaban J connectivity index is 0.000000283. The summed E-state index contributed by atoms with van der Waals surface area (Å²) in [6.45, 7) is 11.3. The molecule has 0 amide bonds. The van der Waals surface area contributed by atoms with Gasteiger partial charge in [-0.25, -0.2) is 19.2 Å². The summed E-state index contributed by atoms with van der Waals surface area (Å²) in [5.41, 5.74) is 11.0. The summed E-state index contributed by atoms with van der Waals surface area (Å²) in [4.78, 5) is 43.5. The molecule has 100 heavy (non-hydrogen) atoms. The zero-order valence-electron chi connectivity index (χ0n) is 59.7. The number of aromatic carboxylic acids is 4. The van der Waals surface area contributed by atoms with Crippen molar-refractivity contribution >= 4 is 23.9 Å². The lowest BCUT2D eigenvalue weighted by Crippen LogP contribution is -1.97. The summed E-state index contributed by atoms with van der Waals surface area (Å²) < 4.78 is 17.4. The average molecular weight is 1360 g/mol. The van der Waals surface area contributed by atoms with Crippen LogP contribution in [0.1, 0.15) is 262 Å². The molecule has 0 radical (unpaired) electrons. The highest BCUT2D eigenvalue weighted by molar-refractivity contribution is 5.90. The number of hydrogen-bond acceptors (Lipinski definition) is 7. The molecule has 0 aliphatic rings. The Morgan fingerprint density at radius 2 is 0.400 bits per heavy atom. The second-order valence-corrected chi connectivity index (χ2v) is 25.6. The number of benzene rings is 8. The normalized spacial score (nSPS) is 10.5. The quantitative estimate of drug-likeness (QED) is 0.0268. The van der Waals surface area contributed by atoms with Crippen molar-refractivity contribution < 1.29 is 53.8 Å². The topological polar surface area (TPSA) is 177 Å². The largest absolute Gasteiger partial charge is 0.494 e. The van der Waals surface area contributed by atoms with Crippen molar-refractivity contribution in [2.75, 3.05) is 19.8 Å². The fourth-order valence-corrected chi connectivity index (χ4v) is 11.3. The molecule has 0 unspecified atom stereocenters. The van der Waals surface area contributed by atoms with Crippen LogP contribution in [-0.2, 0) is 6.42 Å². The summed E-state index contributed by atoms with van der Waals surface area (Å²) >= 11 is 0. The molecule has 0 fully saturated rings. The molecule has 8 aromatic rings. The van der Waals surface area contributed by atoms with Crippen molar-refractivity contribution in [1.29, 1.82) is 0 Å². The van der Waals surface area contributed by atoms with Crippen LogP contribution in [0.5, 0.6) is 17.2 Å². The molecular formula is C89H116O11. The fraction of sp³-hybridized carbons (Fsp3) is 0.416. The Hall–Kier alpha value is -8.96. The van der Waals surface area contributed by atoms with Crippen molar-refractivity contribution in [1.82, 2.24) is 0 Å². The number of carbonyl (C=O) groups is 4. The smallest absolute Gasteiger partial charge is 0.335 e. The minimum absolute atomic E-state index is 0. The number of unbranched alkanes of at least 4 members (excludes halogenated alkanes) is 24. The van der Waals surface area contributed by atoms with Gasteiger partial charge in [0, 0.05) is 0 Å². The summed E-state index contributed by atoms with van der Waals surface area (Å²) in [5.74, 6) is -0.928. The lowest BCUT2D eigenvalue weighted by molar-refractivity contribution is 0.0686. The van der Waals surface area contributed by atoms with Gasteiger partial charge in [0.25, 0.3) is 0 Å². The van der Waals surface area contributed by atoms with Crippen molar-refractivity contribution in [3.63, 3.8) is 0 Å². The van der Waals surface area contributed by atoms with Gasteiger partial charge < -0.3 is 34.6 Å². The third-order valence-electron chi connectivity index (χ3n) is 17.5. The molecule has 538 valence electrons. The number of hydrogen-bond donors (Lipinski definition) is 4. The van der Waals surface area contributed by atoms with E-state index in [4.69, 9.17) is 34.6 Å². The molecule has 0 aliphatic heterocycles. The van der Waals surface area contributed by atoms with Gasteiger partial charge >= 0.3 is 23.9 Å². The molecule has 0 spiro atoms. The van der Waals surface area contributed by atoms with Crippen LogP contribution in [-0.4, -0.2) is 64.1 Å². The number of aryl methyl sites for hydroxylation is 1. The lowest BCUT2D eigenvalue weighted by Gasteiger charge is -2.08. The zero-order chi connectivity index (χ0) is 70.9. The second kappa shape index (κ2) is 51.2. The molecule has 0 aromatic heterocycles. The number of carboxylic acid groups (broad SMARTS) is 4. The van der Waals surface area contributed by atoms with Gasteiger partial charge in [-0.15, -0.1) is 0 Å². The third-order valence-corrected chi connectivity index (χ3v) is 17.5. The molecule has 8 rings (SSSR count). The Morgan fingerprint density at radius 3 is 0.600 bits per heavy atom. The molecule has 0 saturated carbocycles. The first-order valence-electron chi connectivity index (χ1n) is 36.9. The lowest BCUT2D eigenvalue weighted by atomic mass is 10.0. The van der Waals surface area contributed by atoms with Crippen molar-refractivity contribution in [2.24, 2.45) is 0 Å². The van der Waals surface area contributed by atoms with Crippen molar-refractivity contribution in [2.45, 2.75) is 221 Å². The van der Waals surface area contributed by atoms with Crippen LogP contribution >= 0.6 is 0 Å². The zero-order valence-corrected chi connectivity index (χ0v) is 59.7. The molecule has 0 saturated heterocycles. The molecule has 0 atom stereocenters. The first kappa shape index (κ1) is 83.5. The maximum atomic E-state index is 10.9. The van der Waals surface area contributed by atoms with E-state index in [-0.39, 0.29) is 7.43 Å². The molecular weight excluding hydrogens is 1240 g/mol. The van der Waals surface area contributed by atoms with E-state index in [2.05, 4.69) is 52.0 Å². The average Bonchev–Trinajstić information content (AvgIpc) is 0.892. The van der Waals surface area contributed by atoms with E-state index in [0.717, 1.165) is 107 Å². The van der Waals surface area contributed by atoms with Crippen LogP contribution in [0.2, 0.25) is 0 Å². The monoisotopic (exact) mass is 1360 g/mol. The second-order valence-electron chi connectivity index (χ2n) is 25.6. The first-order chi connectivity index (χ1) is 48.3. The van der Waals surface area contributed by atoms with Gasteiger partial charge in [-0.05, 0) is 167 Å². The maximum Gasteiger partial charge on any atom is 0.335 e. The molecule has 0 aliphatic carbocycles. The first-order valence-corrected chi connectivity index (χ1v) is 36.9. The van der Waals surface area contributed by atoms with Crippen LogP contribution < -0.4 is 14.2 Å². The molecule has 4 N–H and O–H groups in total. The van der Waals surface area contributed by atoms with E-state index >= 15 is 0 Å². The Morgan fingerprint density at radius 1 is 0.230 bits per heavy atom. The summed E-state index contributed by atoms with van der Waals surface area (Å²) in [7, 11) is 0. The van der Waals surface area contributed by atoms with E-state index in [1.165, 1.54) is 166 Å². The van der Waals surface area contributed by atoms with Gasteiger partial charge in [-0.3, -0.25) is 0 Å². The molecule has 11 nitrogen and oxygen atoms in total. The third kappa shape index (κ3) is 34.2. The van der Waals surface area contributed by atoms with Crippen LogP contribution in [0.25, 0.3) is 44.5 Å². The minimum atomic E-state index is -0.903. The van der Waals surface area contributed by atoms with E-state index in [9.17, 15) is 19.2 Å². The Bertz CT molecular complexity index is 3430. The van der Waals surface area contributed by atoms with Gasteiger partial charge in [-0.2, -0.15) is 0 Å². The van der Waals surface area contributed by atoms with Gasteiger partial charge in [0.1, 0.15) is 17.2 Å². The fourth-order valence-electron chi connectivity index (χ4n) is 11.3. The Labute approximate surface area is 599 Å². The Kier molecular flexibility index (Phi) is 42.8. The molecule has 0 bridgehead atoms. The minimum Gasteiger partial charge on any atom is -0.494 e. The standard InChI is InChI=1S/C25H34O3.C23H30O3.C21H26O3.C19H22O2.CH4/c1-2-3-4-5-6-7-8-9-10-11-20-28-24-18-16-22(17-19-24)21-12-14-23(15-13-21)25(26)27;1-2-3-4-5-6-7-8-9-18-26-22-16-14-20(15-17-22)19-10-12-21(13-11-19)23(24)25;1-2-3-4-5-6-7-16-24-20-14-12-18(13-15-20)17-8-10-19(11-9-17)21(22)23;1-2-3-4-5-6-15-7-9-16(10-8-15)17-11-13-18(14-12-17)19(20)21;/h12-19H,2-11,20H2,1H3,(H,26,27);10-17H,2-9,18H2,1H3,(H,24,25);8-15H,2-7,16H2,1H3,(H,22,23);7-14H,2-6H2,1H3,(H,20,21);1H4. The highest BCUT2D eigenvalue weighted by atomic mass is 16.5. The predicted octanol–water partition coefficient (Wildman–Crippen LogP) is 25.5. The van der Waals surface area contributed by atoms with Gasteiger partial charge in [0.2, 0.25) is 0 Å². The number of rotatable bonds is 43. The van der Waals surface area contributed by atoms with Gasteiger partial charge in [0.15, 0.2) is 0 Å². The maximum absolute atomic E-state index is 10.9. The van der Waals surface area contributed by atoms with Crippen LogP contribution in [0.3, 0.4) is 0 Å². The van der Waals surface area contributed by atoms with Crippen LogP contribution in [0.15, 0.2) is 194 Å². The van der Waals surface area contributed by atoms with Crippen molar-refractivity contribution in [3.05, 3.63) is 222 Å². The summed E-state index contributed by atoms with van der Waals surface area (Å²) in [6.07, 6.45) is 37.5.